The fraction of sp³-hybridized carbons (Fsp3) is 0.400. The first-order valence-corrected chi connectivity index (χ1v) is 10.8. The van der Waals surface area contributed by atoms with Crippen molar-refractivity contribution in [2.24, 2.45) is 11.8 Å². The van der Waals surface area contributed by atoms with Gasteiger partial charge in [-0.05, 0) is 42.0 Å². The van der Waals surface area contributed by atoms with Crippen molar-refractivity contribution in [1.82, 2.24) is 10.6 Å². The molecule has 7 nitrogen and oxygen atoms in total. The lowest BCUT2D eigenvalue weighted by atomic mass is 9.93. The van der Waals surface area contributed by atoms with Gasteiger partial charge in [0, 0.05) is 12.5 Å². The number of amides is 2. The van der Waals surface area contributed by atoms with Crippen LogP contribution in [0, 0.1) is 11.8 Å². The third-order valence-corrected chi connectivity index (χ3v) is 5.92. The standard InChI is InChI=1S/C25H30N2O5/c1-15(2)20(22(28)27-25(3,4)23(29)30)13-26-24(31)32-14-21-18-11-7-5-9-16(18)17-10-6-8-12-19(17)21/h5-12,15,20-21H,13-14H2,1-4H3,(H,26,31)(H,27,28)(H,29,30). The maximum atomic E-state index is 12.6. The molecule has 3 rings (SSSR count). The number of carboxylic acids is 1. The average Bonchev–Trinajstić information content (AvgIpc) is 3.05. The second-order valence-corrected chi connectivity index (χ2v) is 8.98. The van der Waals surface area contributed by atoms with Gasteiger partial charge in [-0.1, -0.05) is 62.4 Å². The Balaban J connectivity index is 1.60. The molecule has 170 valence electrons. The van der Waals surface area contributed by atoms with Gasteiger partial charge in [0.25, 0.3) is 0 Å². The molecule has 32 heavy (non-hydrogen) atoms. The van der Waals surface area contributed by atoms with Crippen molar-refractivity contribution in [1.29, 1.82) is 0 Å². The number of carbonyl (C=O) groups is 3. The number of alkyl carbamates (subject to hydrolysis) is 1. The van der Waals surface area contributed by atoms with E-state index in [0.29, 0.717) is 0 Å². The summed E-state index contributed by atoms with van der Waals surface area (Å²) in [5.74, 6) is -2.29. The summed E-state index contributed by atoms with van der Waals surface area (Å²) < 4.78 is 5.51. The minimum Gasteiger partial charge on any atom is -0.480 e. The van der Waals surface area contributed by atoms with Gasteiger partial charge in [0.1, 0.15) is 12.1 Å². The van der Waals surface area contributed by atoms with Crippen molar-refractivity contribution in [3.63, 3.8) is 0 Å². The Morgan fingerprint density at radius 1 is 1.00 bits per heavy atom. The summed E-state index contributed by atoms with van der Waals surface area (Å²) >= 11 is 0. The lowest BCUT2D eigenvalue weighted by molar-refractivity contribution is -0.147. The van der Waals surface area contributed by atoms with Gasteiger partial charge in [-0.3, -0.25) is 4.79 Å². The molecule has 0 aliphatic heterocycles. The fourth-order valence-electron chi connectivity index (χ4n) is 3.93. The van der Waals surface area contributed by atoms with Gasteiger partial charge in [-0.2, -0.15) is 0 Å². The van der Waals surface area contributed by atoms with Crippen LogP contribution in [-0.2, 0) is 14.3 Å². The van der Waals surface area contributed by atoms with E-state index in [9.17, 15) is 19.5 Å². The van der Waals surface area contributed by atoms with Gasteiger partial charge in [0.05, 0.1) is 5.92 Å². The Bertz CT molecular complexity index is 969. The summed E-state index contributed by atoms with van der Waals surface area (Å²) in [5, 5.41) is 14.4. The number of ether oxygens (including phenoxy) is 1. The number of hydrogen-bond donors (Lipinski definition) is 3. The highest BCUT2D eigenvalue weighted by Gasteiger charge is 2.33. The smallest absolute Gasteiger partial charge is 0.407 e. The monoisotopic (exact) mass is 438 g/mol. The van der Waals surface area contributed by atoms with E-state index >= 15 is 0 Å². The highest BCUT2D eigenvalue weighted by Crippen LogP contribution is 2.44. The molecule has 1 aliphatic carbocycles. The van der Waals surface area contributed by atoms with Crippen LogP contribution < -0.4 is 10.6 Å². The molecule has 1 aliphatic rings. The molecule has 0 aromatic heterocycles. The first kappa shape index (κ1) is 23.3. The van der Waals surface area contributed by atoms with Gasteiger partial charge in [-0.15, -0.1) is 0 Å². The number of aliphatic carboxylic acids is 1. The molecule has 1 atom stereocenters. The van der Waals surface area contributed by atoms with Crippen molar-refractivity contribution in [3.8, 4) is 11.1 Å². The average molecular weight is 439 g/mol. The quantitative estimate of drug-likeness (QED) is 0.582. The summed E-state index contributed by atoms with van der Waals surface area (Å²) in [6, 6.07) is 16.2. The van der Waals surface area contributed by atoms with Gasteiger partial charge < -0.3 is 20.5 Å². The van der Waals surface area contributed by atoms with E-state index < -0.39 is 29.4 Å². The first-order chi connectivity index (χ1) is 15.1. The van der Waals surface area contributed by atoms with E-state index in [-0.39, 0.29) is 25.0 Å². The predicted octanol–water partition coefficient (Wildman–Crippen LogP) is 3.78. The molecule has 2 amide bonds. The van der Waals surface area contributed by atoms with Crippen LogP contribution in [0.25, 0.3) is 11.1 Å². The minimum atomic E-state index is -1.39. The zero-order valence-electron chi connectivity index (χ0n) is 18.8. The van der Waals surface area contributed by atoms with Crippen LogP contribution in [0.4, 0.5) is 4.79 Å². The summed E-state index contributed by atoms with van der Waals surface area (Å²) in [4.78, 5) is 36.3. The number of hydrogen-bond acceptors (Lipinski definition) is 4. The zero-order chi connectivity index (χ0) is 23.5. The summed E-state index contributed by atoms with van der Waals surface area (Å²) in [6.45, 7) is 6.77. The normalized spacial score (nSPS) is 13.8. The van der Waals surface area contributed by atoms with E-state index in [0.717, 1.165) is 22.3 Å². The highest BCUT2D eigenvalue weighted by atomic mass is 16.5. The Morgan fingerprint density at radius 3 is 2.03 bits per heavy atom. The number of carboxylic acid groups (broad SMARTS) is 1. The summed E-state index contributed by atoms with van der Waals surface area (Å²) in [5.41, 5.74) is 3.15. The lowest BCUT2D eigenvalue weighted by Gasteiger charge is -2.27. The molecule has 2 aromatic carbocycles. The predicted molar refractivity (Wildman–Crippen MR) is 121 cm³/mol. The number of fused-ring (bicyclic) bond motifs is 3. The van der Waals surface area contributed by atoms with Crippen LogP contribution in [0.1, 0.15) is 44.7 Å². The maximum Gasteiger partial charge on any atom is 0.407 e. The molecular weight excluding hydrogens is 408 g/mol. The Hall–Kier alpha value is -3.35. The second-order valence-electron chi connectivity index (χ2n) is 8.98. The van der Waals surface area contributed by atoms with Crippen LogP contribution in [-0.4, -0.2) is 41.8 Å². The fourth-order valence-corrected chi connectivity index (χ4v) is 3.93. The van der Waals surface area contributed by atoms with Crippen molar-refractivity contribution in [2.75, 3.05) is 13.2 Å². The van der Waals surface area contributed by atoms with Crippen molar-refractivity contribution in [2.45, 2.75) is 39.2 Å². The lowest BCUT2D eigenvalue weighted by Crippen LogP contribution is -2.53. The third-order valence-electron chi connectivity index (χ3n) is 5.92. The van der Waals surface area contributed by atoms with E-state index in [1.807, 2.05) is 50.2 Å². The molecule has 1 unspecified atom stereocenters. The zero-order valence-corrected chi connectivity index (χ0v) is 18.8. The van der Waals surface area contributed by atoms with Crippen molar-refractivity contribution < 1.29 is 24.2 Å². The molecule has 0 bridgehead atoms. The Labute approximate surface area is 188 Å². The van der Waals surface area contributed by atoms with Crippen molar-refractivity contribution >= 4 is 18.0 Å². The Morgan fingerprint density at radius 2 is 1.53 bits per heavy atom. The van der Waals surface area contributed by atoms with Crippen LogP contribution in [0.2, 0.25) is 0 Å². The number of carbonyl (C=O) groups excluding carboxylic acids is 2. The molecule has 0 spiro atoms. The SMILES string of the molecule is CC(C)C(CNC(=O)OCC1c2ccccc2-c2ccccc21)C(=O)NC(C)(C)C(=O)O. The molecule has 0 fully saturated rings. The second kappa shape index (κ2) is 9.42. The van der Waals surface area contributed by atoms with Gasteiger partial charge >= 0.3 is 12.1 Å². The van der Waals surface area contributed by atoms with Crippen LogP contribution in [0.5, 0.6) is 0 Å². The van der Waals surface area contributed by atoms with Crippen molar-refractivity contribution in [3.05, 3.63) is 59.7 Å². The van der Waals surface area contributed by atoms with Gasteiger partial charge in [0.2, 0.25) is 5.91 Å². The molecular formula is C25H30N2O5. The molecule has 0 saturated carbocycles. The van der Waals surface area contributed by atoms with E-state index in [1.165, 1.54) is 13.8 Å². The van der Waals surface area contributed by atoms with Gasteiger partial charge in [-0.25, -0.2) is 9.59 Å². The maximum absolute atomic E-state index is 12.6. The van der Waals surface area contributed by atoms with Crippen LogP contribution in [0.15, 0.2) is 48.5 Å². The van der Waals surface area contributed by atoms with E-state index in [4.69, 9.17) is 4.74 Å². The molecule has 0 radical (unpaired) electrons. The number of benzene rings is 2. The number of rotatable bonds is 8. The first-order valence-electron chi connectivity index (χ1n) is 10.8. The molecule has 7 heteroatoms. The molecule has 3 N–H and O–H groups in total. The molecule has 0 saturated heterocycles. The third kappa shape index (κ3) is 4.93. The molecule has 0 heterocycles. The number of nitrogens with one attached hydrogen (secondary N) is 2. The Kier molecular flexibility index (Phi) is 6.87. The van der Waals surface area contributed by atoms with Crippen LogP contribution >= 0.6 is 0 Å². The topological polar surface area (TPSA) is 105 Å². The minimum absolute atomic E-state index is 0.0475. The highest BCUT2D eigenvalue weighted by molar-refractivity contribution is 5.88. The summed E-state index contributed by atoms with van der Waals surface area (Å²) in [7, 11) is 0. The summed E-state index contributed by atoms with van der Waals surface area (Å²) in [6.07, 6.45) is -0.609. The van der Waals surface area contributed by atoms with E-state index in [1.54, 1.807) is 0 Å². The van der Waals surface area contributed by atoms with Crippen LogP contribution in [0.3, 0.4) is 0 Å². The van der Waals surface area contributed by atoms with E-state index in [2.05, 4.69) is 22.8 Å². The van der Waals surface area contributed by atoms with Gasteiger partial charge in [0.15, 0.2) is 0 Å². The molecule has 2 aromatic rings. The largest absolute Gasteiger partial charge is 0.480 e.